The summed E-state index contributed by atoms with van der Waals surface area (Å²) in [6.45, 7) is 3.40. The molecule has 1 aliphatic carbocycles. The van der Waals surface area contributed by atoms with Crippen LogP contribution in [0.3, 0.4) is 0 Å². The second kappa shape index (κ2) is 6.21. The molecule has 24 heavy (non-hydrogen) atoms. The fourth-order valence-corrected chi connectivity index (χ4v) is 4.21. The van der Waals surface area contributed by atoms with Crippen LogP contribution in [0, 0.1) is 37.0 Å². The quantitative estimate of drug-likeness (QED) is 0.672. The van der Waals surface area contributed by atoms with E-state index in [2.05, 4.69) is 11.4 Å². The van der Waals surface area contributed by atoms with E-state index in [4.69, 9.17) is 0 Å². The number of carbonyl (C=O) groups is 3. The zero-order valence-electron chi connectivity index (χ0n) is 13.5. The Labute approximate surface area is 143 Å². The summed E-state index contributed by atoms with van der Waals surface area (Å²) in [6.07, 6.45) is 4.92. The first-order valence-corrected chi connectivity index (χ1v) is 8.55. The number of fused-ring (bicyclic) bond motifs is 1. The highest BCUT2D eigenvalue weighted by atomic mass is 32.1. The molecule has 0 spiro atoms. The molecule has 0 saturated carbocycles. The van der Waals surface area contributed by atoms with E-state index in [1.165, 1.54) is 11.3 Å². The van der Waals surface area contributed by atoms with Crippen molar-refractivity contribution in [3.05, 3.63) is 28.2 Å². The Morgan fingerprint density at radius 2 is 1.88 bits per heavy atom. The third-order valence-electron chi connectivity index (χ3n) is 4.65. The molecule has 0 aromatic carbocycles. The topological polar surface area (TPSA) is 90.3 Å². The van der Waals surface area contributed by atoms with Crippen molar-refractivity contribution in [3.63, 3.8) is 0 Å². The average molecular weight is 343 g/mol. The predicted octanol–water partition coefficient (Wildman–Crippen LogP) is 2.13. The van der Waals surface area contributed by atoms with E-state index < -0.39 is 5.91 Å². The van der Waals surface area contributed by atoms with Crippen LogP contribution < -0.4 is 5.32 Å². The summed E-state index contributed by atoms with van der Waals surface area (Å²) >= 11 is 1.32. The summed E-state index contributed by atoms with van der Waals surface area (Å²) in [4.78, 5) is 39.0. The number of hydrogen-bond acceptors (Lipinski definition) is 5. The van der Waals surface area contributed by atoms with Crippen LogP contribution in [0.1, 0.15) is 28.8 Å². The number of nitrogens with one attached hydrogen (secondary N) is 1. The maximum absolute atomic E-state index is 12.4. The zero-order valence-corrected chi connectivity index (χ0v) is 14.3. The normalized spacial score (nSPS) is 22.5. The fraction of sp³-hybridized carbons (Fsp3) is 0.412. The Morgan fingerprint density at radius 1 is 1.29 bits per heavy atom. The van der Waals surface area contributed by atoms with Gasteiger partial charge in [-0.15, -0.1) is 11.3 Å². The molecule has 7 heteroatoms. The number of rotatable bonds is 3. The lowest BCUT2D eigenvalue weighted by Gasteiger charge is -2.14. The first kappa shape index (κ1) is 16.4. The van der Waals surface area contributed by atoms with E-state index in [-0.39, 0.29) is 30.2 Å². The van der Waals surface area contributed by atoms with E-state index in [1.807, 2.05) is 26.0 Å². The number of imide groups is 1. The van der Waals surface area contributed by atoms with Crippen molar-refractivity contribution in [2.75, 3.05) is 11.9 Å². The van der Waals surface area contributed by atoms with Gasteiger partial charge in [0.15, 0.2) is 0 Å². The number of anilines is 1. The van der Waals surface area contributed by atoms with Crippen molar-refractivity contribution in [1.29, 1.82) is 5.26 Å². The lowest BCUT2D eigenvalue weighted by Crippen LogP contribution is -2.38. The van der Waals surface area contributed by atoms with Gasteiger partial charge in [-0.25, -0.2) is 0 Å². The van der Waals surface area contributed by atoms with E-state index in [0.29, 0.717) is 23.4 Å². The summed E-state index contributed by atoms with van der Waals surface area (Å²) in [7, 11) is 0. The van der Waals surface area contributed by atoms with Gasteiger partial charge in [-0.3, -0.25) is 19.3 Å². The second-order valence-corrected chi connectivity index (χ2v) is 7.29. The number of allylic oxidation sites excluding steroid dienone is 2. The van der Waals surface area contributed by atoms with Gasteiger partial charge in [0.1, 0.15) is 17.6 Å². The number of aryl methyl sites for hydroxylation is 1. The number of amides is 3. The molecule has 3 rings (SSSR count). The lowest BCUT2D eigenvalue weighted by atomic mass is 9.85. The largest absolute Gasteiger partial charge is 0.315 e. The predicted molar refractivity (Wildman–Crippen MR) is 89.2 cm³/mol. The van der Waals surface area contributed by atoms with Crippen LogP contribution in [0.2, 0.25) is 0 Å². The van der Waals surface area contributed by atoms with Crippen LogP contribution >= 0.6 is 11.3 Å². The SMILES string of the molecule is Cc1sc(NC(=O)CN2C(=O)[C@@H]3CC=CC[C@H]3C2=O)c(C#N)c1C. The minimum absolute atomic E-state index is 0.274. The molecular weight excluding hydrogens is 326 g/mol. The minimum Gasteiger partial charge on any atom is -0.315 e. The highest BCUT2D eigenvalue weighted by Gasteiger charge is 2.47. The molecule has 0 radical (unpaired) electrons. The van der Waals surface area contributed by atoms with Crippen molar-refractivity contribution in [1.82, 2.24) is 4.90 Å². The molecule has 1 aromatic rings. The Bertz CT molecular complexity index is 777. The van der Waals surface area contributed by atoms with Gasteiger partial charge in [0, 0.05) is 4.88 Å². The third kappa shape index (κ3) is 2.63. The summed E-state index contributed by atoms with van der Waals surface area (Å²) in [5, 5.41) is 12.3. The molecule has 0 bridgehead atoms. The molecule has 1 fully saturated rings. The monoisotopic (exact) mass is 343 g/mol. The number of carbonyl (C=O) groups excluding carboxylic acids is 3. The van der Waals surface area contributed by atoms with E-state index in [9.17, 15) is 19.6 Å². The van der Waals surface area contributed by atoms with Crippen molar-refractivity contribution < 1.29 is 14.4 Å². The molecule has 2 heterocycles. The Kier molecular flexibility index (Phi) is 4.24. The summed E-state index contributed by atoms with van der Waals surface area (Å²) in [5.74, 6) is -1.68. The number of nitrogens with zero attached hydrogens (tertiary/aromatic N) is 2. The van der Waals surface area contributed by atoms with Crippen LogP contribution in [0.15, 0.2) is 12.2 Å². The molecule has 1 aromatic heterocycles. The smallest absolute Gasteiger partial charge is 0.245 e. The minimum atomic E-state index is -0.457. The van der Waals surface area contributed by atoms with Crippen molar-refractivity contribution in [2.45, 2.75) is 26.7 Å². The van der Waals surface area contributed by atoms with Crippen molar-refractivity contribution in [3.8, 4) is 6.07 Å². The molecule has 124 valence electrons. The molecule has 1 aliphatic heterocycles. The number of nitriles is 1. The van der Waals surface area contributed by atoms with E-state index in [0.717, 1.165) is 15.3 Å². The summed E-state index contributed by atoms with van der Waals surface area (Å²) < 4.78 is 0. The summed E-state index contributed by atoms with van der Waals surface area (Å²) in [6, 6.07) is 2.08. The number of hydrogen-bond donors (Lipinski definition) is 1. The fourth-order valence-electron chi connectivity index (χ4n) is 3.18. The molecular formula is C17H17N3O3S. The van der Waals surface area contributed by atoms with Crippen molar-refractivity contribution >= 4 is 34.1 Å². The van der Waals surface area contributed by atoms with Gasteiger partial charge >= 0.3 is 0 Å². The molecule has 1 saturated heterocycles. The first-order valence-electron chi connectivity index (χ1n) is 7.74. The Balaban J connectivity index is 1.72. The number of likely N-dealkylation sites (tertiary alicyclic amines) is 1. The molecule has 6 nitrogen and oxygen atoms in total. The lowest BCUT2D eigenvalue weighted by molar-refractivity contribution is -0.142. The van der Waals surface area contributed by atoms with Gasteiger partial charge in [-0.2, -0.15) is 5.26 Å². The second-order valence-electron chi connectivity index (χ2n) is 6.07. The van der Waals surface area contributed by atoms with Crippen LogP contribution in [0.5, 0.6) is 0 Å². The molecule has 2 aliphatic rings. The van der Waals surface area contributed by atoms with Crippen LogP contribution in [-0.4, -0.2) is 29.2 Å². The van der Waals surface area contributed by atoms with Gasteiger partial charge in [0.2, 0.25) is 17.7 Å². The Morgan fingerprint density at radius 3 is 2.42 bits per heavy atom. The molecule has 2 atom stereocenters. The molecule has 0 unspecified atom stereocenters. The highest BCUT2D eigenvalue weighted by Crippen LogP contribution is 2.35. The first-order chi connectivity index (χ1) is 11.4. The third-order valence-corrected chi connectivity index (χ3v) is 5.77. The van der Waals surface area contributed by atoms with Gasteiger partial charge in [-0.05, 0) is 32.3 Å². The zero-order chi connectivity index (χ0) is 17.4. The van der Waals surface area contributed by atoms with Crippen molar-refractivity contribution in [2.24, 2.45) is 11.8 Å². The van der Waals surface area contributed by atoms with Crippen LogP contribution in [0.25, 0.3) is 0 Å². The maximum Gasteiger partial charge on any atom is 0.245 e. The average Bonchev–Trinajstić information content (AvgIpc) is 2.96. The van der Waals surface area contributed by atoms with Gasteiger partial charge in [-0.1, -0.05) is 12.2 Å². The maximum atomic E-state index is 12.4. The summed E-state index contributed by atoms with van der Waals surface area (Å²) in [5.41, 5.74) is 1.27. The van der Waals surface area contributed by atoms with Gasteiger partial charge in [0.05, 0.1) is 17.4 Å². The van der Waals surface area contributed by atoms with Gasteiger partial charge < -0.3 is 5.32 Å². The van der Waals surface area contributed by atoms with E-state index in [1.54, 1.807) is 0 Å². The van der Waals surface area contributed by atoms with Gasteiger partial charge in [0.25, 0.3) is 0 Å². The van der Waals surface area contributed by atoms with Crippen LogP contribution in [0.4, 0.5) is 5.00 Å². The van der Waals surface area contributed by atoms with Crippen LogP contribution in [-0.2, 0) is 14.4 Å². The number of thiophene rings is 1. The van der Waals surface area contributed by atoms with E-state index >= 15 is 0 Å². The highest BCUT2D eigenvalue weighted by molar-refractivity contribution is 7.16. The Hall–Kier alpha value is -2.46. The molecule has 1 N–H and O–H groups in total. The molecule has 3 amide bonds. The standard InChI is InChI=1S/C17H17N3O3S/c1-9-10(2)24-15(13(9)7-18)19-14(21)8-20-16(22)11-5-3-4-6-12(11)17(20)23/h3-4,11-12H,5-6,8H2,1-2H3,(H,19,21)/t11-,12-/m1/s1.